The van der Waals surface area contributed by atoms with Gasteiger partial charge in [0.05, 0.1) is 13.2 Å². The minimum absolute atomic E-state index is 0.0972. The highest BCUT2D eigenvalue weighted by molar-refractivity contribution is 4.75. The molecule has 0 bridgehead atoms. The van der Waals surface area contributed by atoms with Crippen LogP contribution in [-0.2, 0) is 0 Å². The molecule has 4 heteroatoms. The van der Waals surface area contributed by atoms with Gasteiger partial charge in [-0.1, -0.05) is 13.8 Å². The Balaban J connectivity index is 0. The third kappa shape index (κ3) is 16.5. The van der Waals surface area contributed by atoms with Crippen LogP contribution in [0.15, 0.2) is 0 Å². The van der Waals surface area contributed by atoms with Crippen molar-refractivity contribution >= 4 is 0 Å². The predicted octanol–water partition coefficient (Wildman–Crippen LogP) is 0.330. The van der Waals surface area contributed by atoms with E-state index in [-0.39, 0.29) is 18.8 Å². The summed E-state index contributed by atoms with van der Waals surface area (Å²) in [6, 6.07) is 0. The second-order valence-corrected chi connectivity index (χ2v) is 4.66. The lowest BCUT2D eigenvalue weighted by molar-refractivity contribution is 0.187. The molecule has 0 saturated carbocycles. The van der Waals surface area contributed by atoms with Crippen molar-refractivity contribution in [3.05, 3.63) is 0 Å². The lowest BCUT2D eigenvalue weighted by Gasteiger charge is -2.23. The van der Waals surface area contributed by atoms with E-state index in [9.17, 15) is 0 Å². The highest BCUT2D eigenvalue weighted by atomic mass is 16.3. The van der Waals surface area contributed by atoms with Crippen molar-refractivity contribution in [3.8, 4) is 0 Å². The normalized spacial score (nSPS) is 11.2. The molecule has 0 saturated heterocycles. The molecule has 0 unspecified atom stereocenters. The minimum Gasteiger partial charge on any atom is -0.395 e. The summed E-state index contributed by atoms with van der Waals surface area (Å²) in [4.78, 5) is 0. The third-order valence-electron chi connectivity index (χ3n) is 1.85. The Kier molecular flexibility index (Phi) is 11.9. The van der Waals surface area contributed by atoms with Crippen molar-refractivity contribution in [3.63, 3.8) is 0 Å². The van der Waals surface area contributed by atoms with Crippen LogP contribution in [0.4, 0.5) is 0 Å². The summed E-state index contributed by atoms with van der Waals surface area (Å²) in [6.45, 7) is 10.1. The van der Waals surface area contributed by atoms with E-state index in [1.807, 2.05) is 13.8 Å². The zero-order valence-corrected chi connectivity index (χ0v) is 10.6. The van der Waals surface area contributed by atoms with Gasteiger partial charge in [0.2, 0.25) is 0 Å². The molecule has 0 radical (unpaired) electrons. The minimum atomic E-state index is -0.116. The number of aliphatic hydroxyl groups excluding tert-OH is 2. The van der Waals surface area contributed by atoms with E-state index in [0.717, 1.165) is 12.5 Å². The van der Waals surface area contributed by atoms with Crippen LogP contribution in [0.5, 0.6) is 0 Å². The van der Waals surface area contributed by atoms with E-state index in [1.54, 1.807) is 0 Å². The van der Waals surface area contributed by atoms with Crippen LogP contribution < -0.4 is 11.1 Å². The van der Waals surface area contributed by atoms with Gasteiger partial charge >= 0.3 is 0 Å². The van der Waals surface area contributed by atoms with Crippen molar-refractivity contribution in [2.75, 3.05) is 26.3 Å². The highest BCUT2D eigenvalue weighted by Crippen LogP contribution is 2.02. The summed E-state index contributed by atoms with van der Waals surface area (Å²) in [6.07, 6.45) is 1.17. The predicted molar refractivity (Wildman–Crippen MR) is 64.8 cm³/mol. The highest BCUT2D eigenvalue weighted by Gasteiger charge is 2.14. The van der Waals surface area contributed by atoms with Crippen LogP contribution in [0.25, 0.3) is 0 Å². The van der Waals surface area contributed by atoms with E-state index in [1.165, 1.54) is 6.42 Å². The van der Waals surface area contributed by atoms with Crippen LogP contribution in [0.2, 0.25) is 0 Å². The molecule has 0 spiro atoms. The van der Waals surface area contributed by atoms with Gasteiger partial charge in [-0.15, -0.1) is 0 Å². The van der Waals surface area contributed by atoms with Crippen LogP contribution >= 0.6 is 0 Å². The Bertz CT molecular complexity index is 126. The first-order valence-electron chi connectivity index (χ1n) is 5.56. The lowest BCUT2D eigenvalue weighted by Crippen LogP contribution is -2.43. The Hall–Kier alpha value is -0.160. The number of hydrogen-bond acceptors (Lipinski definition) is 4. The molecule has 0 amide bonds. The quantitative estimate of drug-likeness (QED) is 0.520. The zero-order chi connectivity index (χ0) is 12.3. The maximum absolute atomic E-state index is 8.90. The zero-order valence-electron chi connectivity index (χ0n) is 10.6. The van der Waals surface area contributed by atoms with Gasteiger partial charge in [0.15, 0.2) is 0 Å². The van der Waals surface area contributed by atoms with Crippen molar-refractivity contribution in [1.82, 2.24) is 5.32 Å². The molecular weight excluding hydrogens is 192 g/mol. The van der Waals surface area contributed by atoms with Gasteiger partial charge in [0.1, 0.15) is 0 Å². The fraction of sp³-hybridized carbons (Fsp3) is 1.00. The molecule has 0 aromatic rings. The first-order valence-corrected chi connectivity index (χ1v) is 5.56. The second kappa shape index (κ2) is 10.4. The van der Waals surface area contributed by atoms with Crippen molar-refractivity contribution in [2.24, 2.45) is 11.7 Å². The Morgan fingerprint density at radius 3 is 2.00 bits per heavy atom. The number of aliphatic hydroxyl groups is 2. The van der Waals surface area contributed by atoms with Gasteiger partial charge in [-0.05, 0) is 32.7 Å². The van der Waals surface area contributed by atoms with Crippen molar-refractivity contribution in [2.45, 2.75) is 39.7 Å². The van der Waals surface area contributed by atoms with E-state index < -0.39 is 0 Å². The topological polar surface area (TPSA) is 78.5 Å². The molecule has 0 atom stereocenters. The van der Waals surface area contributed by atoms with Gasteiger partial charge in [0, 0.05) is 12.1 Å². The fourth-order valence-electron chi connectivity index (χ4n) is 0.755. The van der Waals surface area contributed by atoms with Gasteiger partial charge in [0.25, 0.3) is 0 Å². The monoisotopic (exact) mass is 220 g/mol. The molecule has 4 nitrogen and oxygen atoms in total. The molecule has 5 N–H and O–H groups in total. The average Bonchev–Trinajstić information content (AvgIpc) is 2.17. The Morgan fingerprint density at radius 2 is 1.73 bits per heavy atom. The van der Waals surface area contributed by atoms with Gasteiger partial charge < -0.3 is 21.3 Å². The van der Waals surface area contributed by atoms with Gasteiger partial charge in [-0.25, -0.2) is 0 Å². The first-order chi connectivity index (χ1) is 6.89. The Labute approximate surface area is 93.9 Å². The van der Waals surface area contributed by atoms with Crippen LogP contribution in [0, 0.1) is 5.92 Å². The van der Waals surface area contributed by atoms with Crippen molar-refractivity contribution in [1.29, 1.82) is 0 Å². The number of hydrogen-bond donors (Lipinski definition) is 4. The average molecular weight is 220 g/mol. The molecule has 0 heterocycles. The summed E-state index contributed by atoms with van der Waals surface area (Å²) in [5.41, 5.74) is 4.66. The molecule has 0 rings (SSSR count). The maximum Gasteiger partial charge on any atom is 0.0607 e. The summed E-state index contributed by atoms with van der Waals surface area (Å²) in [5, 5.41) is 19.9. The van der Waals surface area contributed by atoms with E-state index >= 15 is 0 Å². The van der Waals surface area contributed by atoms with Crippen LogP contribution in [-0.4, -0.2) is 42.1 Å². The van der Waals surface area contributed by atoms with E-state index in [4.69, 9.17) is 15.9 Å². The summed E-state index contributed by atoms with van der Waals surface area (Å²) in [7, 11) is 0. The van der Waals surface area contributed by atoms with Gasteiger partial charge in [-0.2, -0.15) is 0 Å². The first kappa shape index (κ1) is 17.2. The van der Waals surface area contributed by atoms with Crippen LogP contribution in [0.1, 0.15) is 34.1 Å². The molecule has 0 aromatic carbocycles. The third-order valence-corrected chi connectivity index (χ3v) is 1.85. The summed E-state index contributed by atoms with van der Waals surface area (Å²) < 4.78 is 0. The molecule has 0 aliphatic heterocycles. The number of rotatable bonds is 6. The maximum atomic E-state index is 8.90. The molecule has 94 valence electrons. The largest absolute Gasteiger partial charge is 0.395 e. The standard InChI is InChI=1S/C9H21NO.C2H7NO/c1-8(2)5-6-10-9(3,4)7-11;3-1-2-4/h8,10-11H,5-7H2,1-4H3;4H,1-3H2. The molecule has 0 aliphatic carbocycles. The second-order valence-electron chi connectivity index (χ2n) is 4.66. The lowest BCUT2D eigenvalue weighted by atomic mass is 10.1. The van der Waals surface area contributed by atoms with Gasteiger partial charge in [-0.3, -0.25) is 0 Å². The smallest absolute Gasteiger partial charge is 0.0607 e. The fourth-order valence-corrected chi connectivity index (χ4v) is 0.755. The number of nitrogens with two attached hydrogens (primary N) is 1. The molecule has 15 heavy (non-hydrogen) atoms. The van der Waals surface area contributed by atoms with Crippen molar-refractivity contribution < 1.29 is 10.2 Å². The molecule has 0 fully saturated rings. The SMILES string of the molecule is CC(C)CCNC(C)(C)CO.NCCO. The summed E-state index contributed by atoms with van der Waals surface area (Å²) >= 11 is 0. The molecule has 0 aromatic heterocycles. The molecular formula is C11H28N2O2. The van der Waals surface area contributed by atoms with E-state index in [2.05, 4.69) is 19.2 Å². The number of nitrogens with one attached hydrogen (secondary N) is 1. The summed E-state index contributed by atoms with van der Waals surface area (Å²) in [5.74, 6) is 0.733. The van der Waals surface area contributed by atoms with Crippen LogP contribution in [0.3, 0.4) is 0 Å². The Morgan fingerprint density at radius 1 is 1.27 bits per heavy atom. The molecule has 0 aliphatic rings. The van der Waals surface area contributed by atoms with E-state index in [0.29, 0.717) is 6.54 Å².